The Kier molecular flexibility index (Phi) is 2.81. The number of aromatic hydroxyl groups is 1. The van der Waals surface area contributed by atoms with Gasteiger partial charge in [-0.25, -0.2) is 0 Å². The summed E-state index contributed by atoms with van der Waals surface area (Å²) < 4.78 is 2.02. The highest BCUT2D eigenvalue weighted by Crippen LogP contribution is 2.24. The number of hydrogen-bond donors (Lipinski definition) is 2. The Hall–Kier alpha value is -1.97. The lowest BCUT2D eigenvalue weighted by Crippen LogP contribution is -2.14. The number of fused-ring (bicyclic) bond motifs is 1. The van der Waals surface area contributed by atoms with Gasteiger partial charge in [0, 0.05) is 30.7 Å². The van der Waals surface area contributed by atoms with Gasteiger partial charge in [-0.15, -0.1) is 0 Å². The van der Waals surface area contributed by atoms with Gasteiger partial charge in [0.05, 0.1) is 0 Å². The van der Waals surface area contributed by atoms with E-state index in [2.05, 4.69) is 5.32 Å². The molecule has 4 nitrogen and oxygen atoms in total. The molecule has 0 aliphatic heterocycles. The first kappa shape index (κ1) is 10.5. The van der Waals surface area contributed by atoms with Crippen LogP contribution >= 0.6 is 0 Å². The van der Waals surface area contributed by atoms with Gasteiger partial charge in [-0.2, -0.15) is 0 Å². The van der Waals surface area contributed by atoms with Crippen molar-refractivity contribution < 1.29 is 9.90 Å². The minimum Gasteiger partial charge on any atom is -0.508 e. The average molecular weight is 218 g/mol. The first-order valence-electron chi connectivity index (χ1n) is 5.16. The van der Waals surface area contributed by atoms with Crippen LogP contribution in [0.3, 0.4) is 0 Å². The molecule has 0 spiro atoms. The zero-order chi connectivity index (χ0) is 11.5. The Labute approximate surface area is 93.5 Å². The maximum atomic E-state index is 10.2. The van der Waals surface area contributed by atoms with E-state index in [0.29, 0.717) is 13.0 Å². The third-order valence-electron chi connectivity index (χ3n) is 2.68. The Morgan fingerprint density at radius 2 is 2.31 bits per heavy atom. The van der Waals surface area contributed by atoms with Crippen LogP contribution in [0.2, 0.25) is 0 Å². The van der Waals surface area contributed by atoms with E-state index >= 15 is 0 Å². The first-order valence-corrected chi connectivity index (χ1v) is 5.16. The van der Waals surface area contributed by atoms with Gasteiger partial charge in [-0.05, 0) is 30.2 Å². The molecule has 0 aliphatic rings. The molecule has 2 rings (SSSR count). The molecule has 0 bridgehead atoms. The molecule has 0 radical (unpaired) electrons. The van der Waals surface area contributed by atoms with Gasteiger partial charge in [0.2, 0.25) is 6.41 Å². The quantitative estimate of drug-likeness (QED) is 0.598. The van der Waals surface area contributed by atoms with E-state index in [1.54, 1.807) is 12.1 Å². The van der Waals surface area contributed by atoms with Crippen LogP contribution in [-0.4, -0.2) is 22.6 Å². The largest absolute Gasteiger partial charge is 0.508 e. The van der Waals surface area contributed by atoms with E-state index in [4.69, 9.17) is 0 Å². The van der Waals surface area contributed by atoms with Gasteiger partial charge in [-0.1, -0.05) is 0 Å². The smallest absolute Gasteiger partial charge is 0.207 e. The van der Waals surface area contributed by atoms with Crippen molar-refractivity contribution >= 4 is 17.3 Å². The van der Waals surface area contributed by atoms with Crippen LogP contribution in [0, 0.1) is 0 Å². The van der Waals surface area contributed by atoms with Gasteiger partial charge in [0.15, 0.2) is 0 Å². The molecule has 1 heterocycles. The number of hydrogen-bond acceptors (Lipinski definition) is 2. The van der Waals surface area contributed by atoms with Crippen molar-refractivity contribution in [3.63, 3.8) is 0 Å². The lowest BCUT2D eigenvalue weighted by atomic mass is 10.1. The lowest BCUT2D eigenvalue weighted by Gasteiger charge is -1.99. The molecular weight excluding hydrogens is 204 g/mol. The highest BCUT2D eigenvalue weighted by molar-refractivity contribution is 5.85. The van der Waals surface area contributed by atoms with Gasteiger partial charge >= 0.3 is 0 Å². The predicted molar refractivity (Wildman–Crippen MR) is 62.4 cm³/mol. The molecule has 2 aromatic rings. The molecular formula is C12H14N2O2. The molecule has 0 aliphatic carbocycles. The summed E-state index contributed by atoms with van der Waals surface area (Å²) in [5.41, 5.74) is 2.21. The molecule has 1 aromatic heterocycles. The topological polar surface area (TPSA) is 54.3 Å². The summed E-state index contributed by atoms with van der Waals surface area (Å²) in [6, 6.07) is 5.32. The van der Waals surface area contributed by atoms with Crippen LogP contribution in [0.25, 0.3) is 10.9 Å². The highest BCUT2D eigenvalue weighted by Gasteiger charge is 2.06. The number of benzene rings is 1. The van der Waals surface area contributed by atoms with Crippen molar-refractivity contribution in [1.82, 2.24) is 9.88 Å². The summed E-state index contributed by atoms with van der Waals surface area (Å²) in [6.45, 7) is 0.609. The average Bonchev–Trinajstić information content (AvgIpc) is 2.56. The molecule has 4 heteroatoms. The summed E-state index contributed by atoms with van der Waals surface area (Å²) in [4.78, 5) is 10.2. The molecule has 2 N–H and O–H groups in total. The number of aryl methyl sites for hydroxylation is 1. The SMILES string of the molecule is Cn1cc(CCNC=O)c2cc(O)ccc21. The van der Waals surface area contributed by atoms with E-state index < -0.39 is 0 Å². The minimum atomic E-state index is 0.267. The fourth-order valence-electron chi connectivity index (χ4n) is 1.93. The van der Waals surface area contributed by atoms with Crippen LogP contribution in [-0.2, 0) is 18.3 Å². The van der Waals surface area contributed by atoms with Crippen LogP contribution in [0.15, 0.2) is 24.4 Å². The Morgan fingerprint density at radius 3 is 3.06 bits per heavy atom. The molecule has 0 saturated heterocycles. The summed E-state index contributed by atoms with van der Waals surface area (Å²) in [5.74, 6) is 0.267. The fourth-order valence-corrected chi connectivity index (χ4v) is 1.93. The summed E-state index contributed by atoms with van der Waals surface area (Å²) >= 11 is 0. The van der Waals surface area contributed by atoms with Crippen molar-refractivity contribution in [3.8, 4) is 5.75 Å². The van der Waals surface area contributed by atoms with E-state index in [0.717, 1.165) is 22.9 Å². The van der Waals surface area contributed by atoms with Crippen LogP contribution in [0.1, 0.15) is 5.56 Å². The molecule has 0 saturated carbocycles. The van der Waals surface area contributed by atoms with E-state index in [9.17, 15) is 9.90 Å². The van der Waals surface area contributed by atoms with Gasteiger partial charge in [-0.3, -0.25) is 4.79 Å². The number of rotatable bonds is 4. The van der Waals surface area contributed by atoms with Crippen molar-refractivity contribution in [2.24, 2.45) is 7.05 Å². The third-order valence-corrected chi connectivity index (χ3v) is 2.68. The predicted octanol–water partition coefficient (Wildman–Crippen LogP) is 1.17. The number of phenolic OH excluding ortho intramolecular Hbond substituents is 1. The summed E-state index contributed by atoms with van der Waals surface area (Å²) in [6.07, 6.45) is 3.48. The first-order chi connectivity index (χ1) is 7.72. The number of aromatic nitrogens is 1. The van der Waals surface area contributed by atoms with Gasteiger partial charge in [0.25, 0.3) is 0 Å². The number of nitrogens with zero attached hydrogens (tertiary/aromatic N) is 1. The summed E-state index contributed by atoms with van der Waals surface area (Å²) in [7, 11) is 1.97. The standard InChI is InChI=1S/C12H14N2O2/c1-14-7-9(4-5-13-8-15)11-6-10(16)2-3-12(11)14/h2-3,6-8,16H,4-5H2,1H3,(H,13,15). The van der Waals surface area contributed by atoms with Crippen molar-refractivity contribution in [3.05, 3.63) is 30.0 Å². The van der Waals surface area contributed by atoms with Crippen molar-refractivity contribution in [1.29, 1.82) is 0 Å². The van der Waals surface area contributed by atoms with E-state index in [1.807, 2.05) is 23.9 Å². The number of carbonyl (C=O) groups is 1. The number of carbonyl (C=O) groups excluding carboxylic acids is 1. The third kappa shape index (κ3) is 1.86. The Morgan fingerprint density at radius 1 is 1.50 bits per heavy atom. The normalized spacial score (nSPS) is 10.6. The zero-order valence-corrected chi connectivity index (χ0v) is 9.10. The second-order valence-corrected chi connectivity index (χ2v) is 3.79. The fraction of sp³-hybridized carbons (Fsp3) is 0.250. The van der Waals surface area contributed by atoms with Crippen LogP contribution < -0.4 is 5.32 Å². The molecule has 1 amide bonds. The van der Waals surface area contributed by atoms with Crippen LogP contribution in [0.5, 0.6) is 5.75 Å². The molecule has 84 valence electrons. The second-order valence-electron chi connectivity index (χ2n) is 3.79. The minimum absolute atomic E-state index is 0.267. The van der Waals surface area contributed by atoms with Gasteiger partial charge < -0.3 is 15.0 Å². The lowest BCUT2D eigenvalue weighted by molar-refractivity contribution is -0.109. The van der Waals surface area contributed by atoms with E-state index in [-0.39, 0.29) is 5.75 Å². The molecule has 0 fully saturated rings. The van der Waals surface area contributed by atoms with Crippen LogP contribution in [0.4, 0.5) is 0 Å². The number of amides is 1. The number of phenols is 1. The Balaban J connectivity index is 2.37. The monoisotopic (exact) mass is 218 g/mol. The van der Waals surface area contributed by atoms with Gasteiger partial charge in [0.1, 0.15) is 5.75 Å². The highest BCUT2D eigenvalue weighted by atomic mass is 16.3. The van der Waals surface area contributed by atoms with Crippen molar-refractivity contribution in [2.75, 3.05) is 6.54 Å². The Bertz CT molecular complexity index is 517. The zero-order valence-electron chi connectivity index (χ0n) is 9.10. The molecule has 0 atom stereocenters. The molecule has 16 heavy (non-hydrogen) atoms. The van der Waals surface area contributed by atoms with E-state index in [1.165, 1.54) is 0 Å². The second kappa shape index (κ2) is 4.26. The maximum absolute atomic E-state index is 10.2. The summed E-state index contributed by atoms with van der Waals surface area (Å²) in [5, 5.41) is 13.1. The number of nitrogens with one attached hydrogen (secondary N) is 1. The molecule has 0 unspecified atom stereocenters. The van der Waals surface area contributed by atoms with Crippen molar-refractivity contribution in [2.45, 2.75) is 6.42 Å². The maximum Gasteiger partial charge on any atom is 0.207 e. The molecule has 1 aromatic carbocycles.